The van der Waals surface area contributed by atoms with Crippen LogP contribution in [0.1, 0.15) is 38.1 Å². The van der Waals surface area contributed by atoms with Gasteiger partial charge in [-0.25, -0.2) is 0 Å². The maximum atomic E-state index is 12.8. The summed E-state index contributed by atoms with van der Waals surface area (Å²) in [5.74, 6) is -0.918. The Balaban J connectivity index is 2.38. The number of Topliss-reactive ketones (excluding diaryl/α,β-unsaturated/α-hetero) is 1. The van der Waals surface area contributed by atoms with Crippen LogP contribution in [0, 0.1) is 11.8 Å². The second-order valence-electron chi connectivity index (χ2n) is 6.78. The van der Waals surface area contributed by atoms with Gasteiger partial charge in [-0.05, 0) is 27.7 Å². The van der Waals surface area contributed by atoms with Gasteiger partial charge in [-0.3, -0.25) is 9.59 Å². The Kier molecular flexibility index (Phi) is 4.04. The van der Waals surface area contributed by atoms with Crippen molar-refractivity contribution < 1.29 is 9.59 Å². The van der Waals surface area contributed by atoms with E-state index in [1.54, 1.807) is 17.0 Å². The molecule has 3 heteroatoms. The molecule has 2 atom stereocenters. The molecule has 1 heterocycles. The highest BCUT2D eigenvalue weighted by Crippen LogP contribution is 2.36. The van der Waals surface area contributed by atoms with Crippen molar-refractivity contribution in [2.45, 2.75) is 33.2 Å². The minimum Gasteiger partial charge on any atom is -0.337 e. The number of likely N-dealkylation sites (tertiary alicyclic amines) is 1. The van der Waals surface area contributed by atoms with Crippen molar-refractivity contribution in [2.24, 2.45) is 11.8 Å². The summed E-state index contributed by atoms with van der Waals surface area (Å²) >= 11 is 0. The molecule has 0 saturated carbocycles. The molecule has 1 aromatic rings. The van der Waals surface area contributed by atoms with E-state index < -0.39 is 5.92 Å². The third-order valence-corrected chi connectivity index (χ3v) is 4.10. The van der Waals surface area contributed by atoms with E-state index in [2.05, 4.69) is 6.58 Å². The van der Waals surface area contributed by atoms with Gasteiger partial charge in [0.1, 0.15) is 5.92 Å². The fourth-order valence-electron chi connectivity index (χ4n) is 2.85. The van der Waals surface area contributed by atoms with Gasteiger partial charge in [0, 0.05) is 23.6 Å². The lowest BCUT2D eigenvalue weighted by Gasteiger charge is -2.32. The molecule has 1 fully saturated rings. The highest BCUT2D eigenvalue weighted by Gasteiger charge is 2.48. The summed E-state index contributed by atoms with van der Waals surface area (Å²) in [6, 6.07) is 9.05. The van der Waals surface area contributed by atoms with E-state index in [4.69, 9.17) is 0 Å². The number of carbonyl (C=O) groups excluding carboxylic acids is 2. The summed E-state index contributed by atoms with van der Waals surface area (Å²) in [7, 11) is 0. The monoisotopic (exact) mass is 285 g/mol. The molecular formula is C18H23NO2. The molecule has 1 aliphatic rings. The molecule has 1 aromatic carbocycles. The molecule has 3 nitrogen and oxygen atoms in total. The molecule has 112 valence electrons. The minimum absolute atomic E-state index is 0.0793. The molecular weight excluding hydrogens is 262 g/mol. The summed E-state index contributed by atoms with van der Waals surface area (Å²) in [4.78, 5) is 27.3. The molecule has 1 amide bonds. The predicted molar refractivity (Wildman–Crippen MR) is 84.0 cm³/mol. The van der Waals surface area contributed by atoms with Crippen molar-refractivity contribution in [1.82, 2.24) is 4.90 Å². The zero-order chi connectivity index (χ0) is 15.8. The lowest BCUT2D eigenvalue weighted by Crippen LogP contribution is -2.43. The first-order valence-electron chi connectivity index (χ1n) is 7.29. The molecule has 0 unspecified atom stereocenters. The van der Waals surface area contributed by atoms with Crippen LogP contribution in [0.25, 0.3) is 0 Å². The van der Waals surface area contributed by atoms with Crippen LogP contribution in [0.2, 0.25) is 0 Å². The highest BCUT2D eigenvalue weighted by atomic mass is 16.2. The first kappa shape index (κ1) is 15.5. The third kappa shape index (κ3) is 2.92. The van der Waals surface area contributed by atoms with Crippen LogP contribution in [0.5, 0.6) is 0 Å². The van der Waals surface area contributed by atoms with E-state index in [9.17, 15) is 9.59 Å². The van der Waals surface area contributed by atoms with Crippen molar-refractivity contribution in [2.75, 3.05) is 6.54 Å². The van der Waals surface area contributed by atoms with Gasteiger partial charge in [0.15, 0.2) is 5.78 Å². The number of benzene rings is 1. The largest absolute Gasteiger partial charge is 0.337 e. The fourth-order valence-corrected chi connectivity index (χ4v) is 2.85. The summed E-state index contributed by atoms with van der Waals surface area (Å²) < 4.78 is 0. The number of nitrogens with zero attached hydrogens (tertiary/aromatic N) is 1. The first-order chi connectivity index (χ1) is 9.73. The Morgan fingerprint density at radius 3 is 2.29 bits per heavy atom. The van der Waals surface area contributed by atoms with Crippen LogP contribution in [0.4, 0.5) is 0 Å². The summed E-state index contributed by atoms with van der Waals surface area (Å²) in [6.07, 6.45) is 0. The Hall–Kier alpha value is -1.90. The van der Waals surface area contributed by atoms with Crippen molar-refractivity contribution in [3.8, 4) is 0 Å². The minimum atomic E-state index is -0.635. The molecule has 0 radical (unpaired) electrons. The van der Waals surface area contributed by atoms with Gasteiger partial charge < -0.3 is 4.90 Å². The Morgan fingerprint density at radius 1 is 1.24 bits per heavy atom. The standard InChI is InChI=1S/C18H23NO2/c1-12(2)14-11-19(18(3,4)5)17(21)15(14)16(20)13-9-7-6-8-10-13/h6-10,14-15H,1,11H2,2-5H3/t14-,15-/m0/s1. The first-order valence-corrected chi connectivity index (χ1v) is 7.29. The Labute approximate surface area is 126 Å². The van der Waals surface area contributed by atoms with Crippen LogP contribution in [-0.4, -0.2) is 28.7 Å². The van der Waals surface area contributed by atoms with E-state index in [0.29, 0.717) is 12.1 Å². The van der Waals surface area contributed by atoms with E-state index >= 15 is 0 Å². The summed E-state index contributed by atoms with van der Waals surface area (Å²) in [5, 5.41) is 0. The van der Waals surface area contributed by atoms with Crippen molar-refractivity contribution in [1.29, 1.82) is 0 Å². The van der Waals surface area contributed by atoms with E-state index in [1.807, 2.05) is 45.9 Å². The number of hydrogen-bond acceptors (Lipinski definition) is 2. The van der Waals surface area contributed by atoms with Crippen LogP contribution >= 0.6 is 0 Å². The fraction of sp³-hybridized carbons (Fsp3) is 0.444. The van der Waals surface area contributed by atoms with Gasteiger partial charge in [0.25, 0.3) is 0 Å². The van der Waals surface area contributed by atoms with Gasteiger partial charge in [-0.15, -0.1) is 0 Å². The van der Waals surface area contributed by atoms with Crippen LogP contribution in [0.15, 0.2) is 42.5 Å². The number of rotatable bonds is 3. The molecule has 0 aromatic heterocycles. The number of hydrogen-bond donors (Lipinski definition) is 0. The maximum Gasteiger partial charge on any atom is 0.234 e. The smallest absolute Gasteiger partial charge is 0.234 e. The summed E-state index contributed by atoms with van der Waals surface area (Å²) in [6.45, 7) is 12.4. The highest BCUT2D eigenvalue weighted by molar-refractivity contribution is 6.11. The van der Waals surface area contributed by atoms with E-state index in [1.165, 1.54) is 0 Å². The average molecular weight is 285 g/mol. The molecule has 0 aliphatic carbocycles. The normalized spacial score (nSPS) is 22.5. The lowest BCUT2D eigenvalue weighted by atomic mass is 9.84. The second kappa shape index (κ2) is 5.47. The third-order valence-electron chi connectivity index (χ3n) is 4.10. The van der Waals surface area contributed by atoms with Gasteiger partial charge in [-0.2, -0.15) is 0 Å². The van der Waals surface area contributed by atoms with Gasteiger partial charge >= 0.3 is 0 Å². The second-order valence-corrected chi connectivity index (χ2v) is 6.78. The van der Waals surface area contributed by atoms with Crippen LogP contribution < -0.4 is 0 Å². The molecule has 0 N–H and O–H groups in total. The molecule has 1 aliphatic heterocycles. The number of carbonyl (C=O) groups is 2. The zero-order valence-corrected chi connectivity index (χ0v) is 13.2. The van der Waals surface area contributed by atoms with E-state index in [0.717, 1.165) is 5.57 Å². The van der Waals surface area contributed by atoms with Crippen LogP contribution in [-0.2, 0) is 4.79 Å². The quantitative estimate of drug-likeness (QED) is 0.485. The molecule has 0 bridgehead atoms. The Bertz CT molecular complexity index is 569. The molecule has 1 saturated heterocycles. The maximum absolute atomic E-state index is 12.8. The SMILES string of the molecule is C=C(C)[C@@H]1CN(C(C)(C)C)C(=O)[C@@H]1C(=O)c1ccccc1. The number of ketones is 1. The van der Waals surface area contributed by atoms with Crippen molar-refractivity contribution in [3.05, 3.63) is 48.0 Å². The molecule has 21 heavy (non-hydrogen) atoms. The van der Waals surface area contributed by atoms with Crippen LogP contribution in [0.3, 0.4) is 0 Å². The average Bonchev–Trinajstić information content (AvgIpc) is 2.76. The lowest BCUT2D eigenvalue weighted by molar-refractivity contribution is -0.133. The van der Waals surface area contributed by atoms with Gasteiger partial charge in [-0.1, -0.05) is 42.5 Å². The topological polar surface area (TPSA) is 37.4 Å². The number of amides is 1. The van der Waals surface area contributed by atoms with Gasteiger partial charge in [0.2, 0.25) is 5.91 Å². The molecule has 0 spiro atoms. The van der Waals surface area contributed by atoms with Gasteiger partial charge in [0.05, 0.1) is 0 Å². The summed E-state index contributed by atoms with van der Waals surface area (Å²) in [5.41, 5.74) is 1.21. The zero-order valence-electron chi connectivity index (χ0n) is 13.2. The van der Waals surface area contributed by atoms with Crippen molar-refractivity contribution in [3.63, 3.8) is 0 Å². The predicted octanol–water partition coefficient (Wildman–Crippen LogP) is 3.32. The van der Waals surface area contributed by atoms with Crippen molar-refractivity contribution >= 4 is 11.7 Å². The molecule has 2 rings (SSSR count). The van der Waals surface area contributed by atoms with E-state index in [-0.39, 0.29) is 23.1 Å². The Morgan fingerprint density at radius 2 is 1.81 bits per heavy atom.